The first-order chi connectivity index (χ1) is 11.6. The molecule has 24 heavy (non-hydrogen) atoms. The summed E-state index contributed by atoms with van der Waals surface area (Å²) in [5.74, 6) is -0.550. The lowest BCUT2D eigenvalue weighted by atomic mass is 9.95. The van der Waals surface area contributed by atoms with Crippen LogP contribution in [0.2, 0.25) is 5.02 Å². The van der Waals surface area contributed by atoms with Crippen LogP contribution in [0.1, 0.15) is 35.7 Å². The van der Waals surface area contributed by atoms with Crippen molar-refractivity contribution in [2.75, 3.05) is 11.9 Å². The third kappa shape index (κ3) is 3.15. The molecule has 1 saturated carbocycles. The Morgan fingerprint density at radius 1 is 1.12 bits per heavy atom. The minimum atomic E-state index is -0.535. The van der Waals surface area contributed by atoms with Gasteiger partial charge in [-0.15, -0.1) is 0 Å². The van der Waals surface area contributed by atoms with Crippen LogP contribution in [-0.4, -0.2) is 18.5 Å². The number of carbonyl (C=O) groups excluding carboxylic acids is 2. The predicted molar refractivity (Wildman–Crippen MR) is 93.4 cm³/mol. The molecule has 0 aliphatic heterocycles. The zero-order chi connectivity index (χ0) is 17.2. The van der Waals surface area contributed by atoms with Gasteiger partial charge in [0.1, 0.15) is 0 Å². The number of nitrogens with one attached hydrogen (secondary N) is 1. The molecular formula is C19H18ClNO3. The number of amides is 1. The molecular weight excluding hydrogens is 326 g/mol. The summed E-state index contributed by atoms with van der Waals surface area (Å²) in [4.78, 5) is 24.9. The molecule has 1 aliphatic rings. The average molecular weight is 344 g/mol. The molecule has 4 nitrogen and oxygen atoms in total. The fourth-order valence-electron chi connectivity index (χ4n) is 2.76. The lowest BCUT2D eigenvalue weighted by Gasteiger charge is -2.17. The molecule has 1 N–H and O–H groups in total. The van der Waals surface area contributed by atoms with Gasteiger partial charge in [0.15, 0.2) is 0 Å². The van der Waals surface area contributed by atoms with E-state index >= 15 is 0 Å². The summed E-state index contributed by atoms with van der Waals surface area (Å²) in [7, 11) is 0. The molecule has 1 amide bonds. The van der Waals surface area contributed by atoms with Crippen molar-refractivity contribution in [1.29, 1.82) is 0 Å². The predicted octanol–water partition coefficient (Wildman–Crippen LogP) is 4.19. The summed E-state index contributed by atoms with van der Waals surface area (Å²) in [5.41, 5.74) is 1.24. The molecule has 0 aromatic heterocycles. The first-order valence-electron chi connectivity index (χ1n) is 7.90. The minimum Gasteiger partial charge on any atom is -0.462 e. The second kappa shape index (κ2) is 6.65. The Hall–Kier alpha value is -2.33. The van der Waals surface area contributed by atoms with Crippen LogP contribution in [0.15, 0.2) is 48.5 Å². The Balaban J connectivity index is 1.83. The second-order valence-corrected chi connectivity index (χ2v) is 6.25. The number of para-hydroxylation sites is 1. The summed E-state index contributed by atoms with van der Waals surface area (Å²) in [6.07, 6.45) is 1.56. The Kier molecular flexibility index (Phi) is 4.58. The van der Waals surface area contributed by atoms with Gasteiger partial charge in [-0.3, -0.25) is 4.79 Å². The maximum Gasteiger partial charge on any atom is 0.340 e. The van der Waals surface area contributed by atoms with Crippen molar-refractivity contribution >= 4 is 29.2 Å². The van der Waals surface area contributed by atoms with Gasteiger partial charge < -0.3 is 10.1 Å². The number of anilines is 1. The largest absolute Gasteiger partial charge is 0.462 e. The molecule has 3 rings (SSSR count). The summed E-state index contributed by atoms with van der Waals surface area (Å²) in [5, 5.41) is 3.53. The molecule has 124 valence electrons. The van der Waals surface area contributed by atoms with Gasteiger partial charge in [0.2, 0.25) is 5.91 Å². The van der Waals surface area contributed by atoms with E-state index in [4.69, 9.17) is 16.3 Å². The molecule has 1 fully saturated rings. The monoisotopic (exact) mass is 343 g/mol. The number of hydrogen-bond acceptors (Lipinski definition) is 3. The van der Waals surface area contributed by atoms with E-state index in [1.165, 1.54) is 0 Å². The zero-order valence-corrected chi connectivity index (χ0v) is 14.1. The second-order valence-electron chi connectivity index (χ2n) is 5.81. The number of hydrogen-bond donors (Lipinski definition) is 1. The van der Waals surface area contributed by atoms with E-state index in [2.05, 4.69) is 5.32 Å². The molecule has 0 atom stereocenters. The molecule has 0 heterocycles. The van der Waals surface area contributed by atoms with E-state index in [0.717, 1.165) is 18.4 Å². The van der Waals surface area contributed by atoms with E-state index < -0.39 is 11.4 Å². The van der Waals surface area contributed by atoms with Crippen molar-refractivity contribution in [3.05, 3.63) is 64.7 Å². The number of esters is 1. The SMILES string of the molecule is CCOC(=O)c1ccccc1NC(=O)C1(c2ccc(Cl)cc2)CC1. The average Bonchev–Trinajstić information content (AvgIpc) is 3.38. The van der Waals surface area contributed by atoms with E-state index in [-0.39, 0.29) is 12.5 Å². The van der Waals surface area contributed by atoms with Crippen LogP contribution >= 0.6 is 11.6 Å². The normalized spacial score (nSPS) is 14.8. The van der Waals surface area contributed by atoms with E-state index in [1.54, 1.807) is 43.3 Å². The topological polar surface area (TPSA) is 55.4 Å². The smallest absolute Gasteiger partial charge is 0.340 e. The molecule has 0 saturated heterocycles. The molecule has 0 spiro atoms. The first-order valence-corrected chi connectivity index (χ1v) is 8.28. The summed E-state index contributed by atoms with van der Waals surface area (Å²) >= 11 is 5.92. The fourth-order valence-corrected chi connectivity index (χ4v) is 2.89. The van der Waals surface area contributed by atoms with Crippen LogP contribution in [0.4, 0.5) is 5.69 Å². The van der Waals surface area contributed by atoms with Crippen LogP contribution < -0.4 is 5.32 Å². The van der Waals surface area contributed by atoms with Crippen molar-refractivity contribution in [2.45, 2.75) is 25.2 Å². The van der Waals surface area contributed by atoms with Gasteiger partial charge in [0, 0.05) is 5.02 Å². The first kappa shape index (κ1) is 16.5. The standard InChI is InChI=1S/C19H18ClNO3/c1-2-24-17(22)15-5-3-4-6-16(15)21-18(23)19(11-12-19)13-7-9-14(20)10-8-13/h3-10H,2,11-12H2,1H3,(H,21,23). The number of carbonyl (C=O) groups is 2. The maximum atomic E-state index is 12.8. The summed E-state index contributed by atoms with van der Waals surface area (Å²) < 4.78 is 5.04. The van der Waals surface area contributed by atoms with E-state index in [1.807, 2.05) is 12.1 Å². The Morgan fingerprint density at radius 2 is 1.79 bits per heavy atom. The third-order valence-electron chi connectivity index (χ3n) is 4.25. The van der Waals surface area contributed by atoms with Crippen molar-refractivity contribution in [3.8, 4) is 0 Å². The highest BCUT2D eigenvalue weighted by Gasteiger charge is 2.51. The molecule has 0 bridgehead atoms. The highest BCUT2D eigenvalue weighted by molar-refractivity contribution is 6.30. The molecule has 0 radical (unpaired) electrons. The molecule has 2 aromatic rings. The maximum absolute atomic E-state index is 12.8. The molecule has 2 aromatic carbocycles. The summed E-state index contributed by atoms with van der Waals surface area (Å²) in [6.45, 7) is 2.04. The van der Waals surface area contributed by atoms with E-state index in [9.17, 15) is 9.59 Å². The van der Waals surface area contributed by atoms with Crippen molar-refractivity contribution in [1.82, 2.24) is 0 Å². The highest BCUT2D eigenvalue weighted by atomic mass is 35.5. The Morgan fingerprint density at radius 3 is 2.42 bits per heavy atom. The van der Waals surface area contributed by atoms with Gasteiger partial charge in [-0.2, -0.15) is 0 Å². The van der Waals surface area contributed by atoms with Gasteiger partial charge in [0.05, 0.1) is 23.3 Å². The van der Waals surface area contributed by atoms with Gasteiger partial charge in [-0.25, -0.2) is 4.79 Å². The van der Waals surface area contributed by atoms with Gasteiger partial charge in [-0.05, 0) is 49.6 Å². The van der Waals surface area contributed by atoms with Gasteiger partial charge in [-0.1, -0.05) is 35.9 Å². The van der Waals surface area contributed by atoms with Crippen molar-refractivity contribution in [3.63, 3.8) is 0 Å². The van der Waals surface area contributed by atoms with Crippen LogP contribution in [0.25, 0.3) is 0 Å². The van der Waals surface area contributed by atoms with E-state index in [0.29, 0.717) is 16.3 Å². The molecule has 5 heteroatoms. The Bertz CT molecular complexity index is 766. The quantitative estimate of drug-likeness (QED) is 0.828. The van der Waals surface area contributed by atoms with Crippen molar-refractivity contribution < 1.29 is 14.3 Å². The fraction of sp³-hybridized carbons (Fsp3) is 0.263. The third-order valence-corrected chi connectivity index (χ3v) is 4.50. The number of ether oxygens (including phenoxy) is 1. The number of benzene rings is 2. The van der Waals surface area contributed by atoms with Gasteiger partial charge >= 0.3 is 5.97 Å². The zero-order valence-electron chi connectivity index (χ0n) is 13.3. The van der Waals surface area contributed by atoms with Crippen LogP contribution in [0.3, 0.4) is 0 Å². The minimum absolute atomic E-state index is 0.110. The molecule has 1 aliphatic carbocycles. The highest BCUT2D eigenvalue weighted by Crippen LogP contribution is 2.49. The number of rotatable bonds is 5. The van der Waals surface area contributed by atoms with Crippen LogP contribution in [0, 0.1) is 0 Å². The summed E-state index contributed by atoms with van der Waals surface area (Å²) in [6, 6.07) is 14.2. The lowest BCUT2D eigenvalue weighted by molar-refractivity contribution is -0.118. The van der Waals surface area contributed by atoms with Crippen molar-refractivity contribution in [2.24, 2.45) is 0 Å². The lowest BCUT2D eigenvalue weighted by Crippen LogP contribution is -2.28. The number of halogens is 1. The molecule has 0 unspecified atom stereocenters. The van der Waals surface area contributed by atoms with Crippen LogP contribution in [0.5, 0.6) is 0 Å². The Labute approximate surface area is 145 Å². The van der Waals surface area contributed by atoms with Gasteiger partial charge in [0.25, 0.3) is 0 Å². The van der Waals surface area contributed by atoms with Crippen LogP contribution in [-0.2, 0) is 14.9 Å².